The summed E-state index contributed by atoms with van der Waals surface area (Å²) >= 11 is 2.12. The Morgan fingerprint density at radius 3 is 2.72 bits per heavy atom. The minimum atomic E-state index is -0.468. The number of anilines is 1. The number of pyridine rings is 2. The zero-order valence-corrected chi connectivity index (χ0v) is 11.7. The van der Waals surface area contributed by atoms with E-state index in [1.807, 2.05) is 6.07 Å². The van der Waals surface area contributed by atoms with Gasteiger partial charge in [-0.2, -0.15) is 0 Å². The molecule has 0 aromatic carbocycles. The van der Waals surface area contributed by atoms with Crippen molar-refractivity contribution in [3.8, 4) is 0 Å². The van der Waals surface area contributed by atoms with Gasteiger partial charge in [0.05, 0.1) is 0 Å². The molecule has 0 spiro atoms. The number of carbonyl (C=O) groups excluding carboxylic acids is 1. The van der Waals surface area contributed by atoms with Crippen molar-refractivity contribution in [2.24, 2.45) is 0 Å². The van der Waals surface area contributed by atoms with Crippen LogP contribution >= 0.6 is 22.6 Å². The lowest BCUT2D eigenvalue weighted by Gasteiger charge is -2.04. The summed E-state index contributed by atoms with van der Waals surface area (Å²) in [4.78, 5) is 30.1. The Morgan fingerprint density at radius 2 is 2.11 bits per heavy atom. The van der Waals surface area contributed by atoms with Crippen LogP contribution in [0.3, 0.4) is 0 Å². The number of hydrogen-bond donors (Lipinski definition) is 2. The smallest absolute Gasteiger partial charge is 0.262 e. The number of aryl methyl sites for hydroxylation is 1. The van der Waals surface area contributed by atoms with Gasteiger partial charge in [-0.1, -0.05) is 0 Å². The van der Waals surface area contributed by atoms with Gasteiger partial charge in [-0.3, -0.25) is 9.59 Å². The molecule has 18 heavy (non-hydrogen) atoms. The number of hydrogen-bond acceptors (Lipinski definition) is 3. The van der Waals surface area contributed by atoms with E-state index in [9.17, 15) is 9.59 Å². The maximum atomic E-state index is 11.9. The molecule has 0 aliphatic heterocycles. The molecule has 1 amide bonds. The zero-order chi connectivity index (χ0) is 13.1. The van der Waals surface area contributed by atoms with Crippen LogP contribution in [-0.2, 0) is 0 Å². The van der Waals surface area contributed by atoms with E-state index in [4.69, 9.17) is 0 Å². The second-order valence-electron chi connectivity index (χ2n) is 3.70. The van der Waals surface area contributed by atoms with Crippen molar-refractivity contribution in [3.63, 3.8) is 0 Å². The van der Waals surface area contributed by atoms with Crippen LogP contribution in [0.2, 0.25) is 0 Å². The number of nitrogens with one attached hydrogen (secondary N) is 2. The fraction of sp³-hybridized carbons (Fsp3) is 0.0833. The lowest BCUT2D eigenvalue weighted by Crippen LogP contribution is -2.23. The summed E-state index contributed by atoms with van der Waals surface area (Å²) in [5.74, 6) is -0.0506. The summed E-state index contributed by atoms with van der Waals surface area (Å²) in [5, 5.41) is 2.57. The number of aromatic nitrogens is 2. The Morgan fingerprint density at radius 1 is 1.33 bits per heavy atom. The van der Waals surface area contributed by atoms with Crippen LogP contribution in [0.15, 0.2) is 35.3 Å². The van der Waals surface area contributed by atoms with Gasteiger partial charge in [0.15, 0.2) is 0 Å². The van der Waals surface area contributed by atoms with Gasteiger partial charge < -0.3 is 10.3 Å². The standard InChI is InChI=1S/C12H10IN3O2/c1-7-2-4-9(11(17)15-7)12(18)16-10-5-3-8(13)6-14-10/h2-6H,1H3,(H,15,17)(H,14,16,18). The molecular weight excluding hydrogens is 345 g/mol. The van der Waals surface area contributed by atoms with Crippen molar-refractivity contribution in [2.45, 2.75) is 6.92 Å². The molecule has 0 radical (unpaired) electrons. The minimum absolute atomic E-state index is 0.0703. The molecule has 0 saturated carbocycles. The molecule has 6 heteroatoms. The Bertz CT molecular complexity index is 635. The van der Waals surface area contributed by atoms with E-state index in [2.05, 4.69) is 37.9 Å². The highest BCUT2D eigenvalue weighted by Crippen LogP contribution is 2.08. The Labute approximate surface area is 117 Å². The Hall–Kier alpha value is -1.70. The molecule has 0 aliphatic carbocycles. The lowest BCUT2D eigenvalue weighted by molar-refractivity contribution is 0.102. The number of halogens is 1. The quantitative estimate of drug-likeness (QED) is 0.809. The first kappa shape index (κ1) is 12.7. The zero-order valence-electron chi connectivity index (χ0n) is 9.53. The first-order valence-electron chi connectivity index (χ1n) is 5.19. The molecule has 0 fully saturated rings. The van der Waals surface area contributed by atoms with Crippen LogP contribution in [0.1, 0.15) is 16.1 Å². The van der Waals surface area contributed by atoms with E-state index in [0.29, 0.717) is 11.5 Å². The van der Waals surface area contributed by atoms with Crippen molar-refractivity contribution in [1.82, 2.24) is 9.97 Å². The molecule has 0 bridgehead atoms. The van der Waals surface area contributed by atoms with Crippen molar-refractivity contribution in [3.05, 3.63) is 55.6 Å². The number of nitrogens with zero attached hydrogens (tertiary/aromatic N) is 1. The van der Waals surface area contributed by atoms with Crippen molar-refractivity contribution < 1.29 is 4.79 Å². The van der Waals surface area contributed by atoms with E-state index in [-0.39, 0.29) is 5.56 Å². The predicted molar refractivity (Wildman–Crippen MR) is 76.7 cm³/mol. The number of amides is 1. The highest BCUT2D eigenvalue weighted by atomic mass is 127. The van der Waals surface area contributed by atoms with Crippen LogP contribution < -0.4 is 10.9 Å². The fourth-order valence-corrected chi connectivity index (χ4v) is 1.70. The van der Waals surface area contributed by atoms with Gasteiger partial charge in [0.25, 0.3) is 11.5 Å². The van der Waals surface area contributed by atoms with Gasteiger partial charge >= 0.3 is 0 Å². The summed E-state index contributed by atoms with van der Waals surface area (Å²) in [6, 6.07) is 6.68. The molecule has 0 aliphatic rings. The van der Waals surface area contributed by atoms with Gasteiger partial charge in [0.1, 0.15) is 11.4 Å². The lowest BCUT2D eigenvalue weighted by atomic mass is 10.2. The molecule has 5 nitrogen and oxygen atoms in total. The summed E-state index contributed by atoms with van der Waals surface area (Å²) in [5.41, 5.74) is 0.378. The number of aromatic amines is 1. The van der Waals surface area contributed by atoms with E-state index in [1.165, 1.54) is 6.07 Å². The normalized spacial score (nSPS) is 10.1. The Kier molecular flexibility index (Phi) is 3.75. The van der Waals surface area contributed by atoms with Gasteiger partial charge in [-0.05, 0) is 53.8 Å². The minimum Gasteiger partial charge on any atom is -0.326 e. The SMILES string of the molecule is Cc1ccc(C(=O)Nc2ccc(I)cn2)c(=O)[nH]1. The maximum absolute atomic E-state index is 11.9. The van der Waals surface area contributed by atoms with Crippen LogP contribution in [0, 0.1) is 10.5 Å². The number of rotatable bonds is 2. The average Bonchev–Trinajstić information content (AvgIpc) is 2.32. The third kappa shape index (κ3) is 2.95. The topological polar surface area (TPSA) is 74.8 Å². The molecule has 2 heterocycles. The number of H-pyrrole nitrogens is 1. The summed E-state index contributed by atoms with van der Waals surface area (Å²) < 4.78 is 0.971. The van der Waals surface area contributed by atoms with E-state index >= 15 is 0 Å². The van der Waals surface area contributed by atoms with Crippen LogP contribution in [-0.4, -0.2) is 15.9 Å². The van der Waals surface area contributed by atoms with Gasteiger partial charge in [0.2, 0.25) is 0 Å². The molecule has 0 unspecified atom stereocenters. The fourth-order valence-electron chi connectivity index (χ4n) is 1.38. The summed E-state index contributed by atoms with van der Waals surface area (Å²) in [6.45, 7) is 1.75. The van der Waals surface area contributed by atoms with E-state index in [1.54, 1.807) is 25.3 Å². The first-order chi connectivity index (χ1) is 8.56. The molecular formula is C12H10IN3O2. The third-order valence-corrected chi connectivity index (χ3v) is 2.91. The van der Waals surface area contributed by atoms with Crippen LogP contribution in [0.5, 0.6) is 0 Å². The summed E-state index contributed by atoms with van der Waals surface area (Å²) in [7, 11) is 0. The van der Waals surface area contributed by atoms with E-state index < -0.39 is 11.5 Å². The highest BCUT2D eigenvalue weighted by molar-refractivity contribution is 14.1. The highest BCUT2D eigenvalue weighted by Gasteiger charge is 2.10. The molecule has 2 N–H and O–H groups in total. The predicted octanol–water partition coefficient (Wildman–Crippen LogP) is 1.94. The molecule has 0 atom stereocenters. The maximum Gasteiger partial charge on any atom is 0.262 e. The second kappa shape index (κ2) is 5.30. The molecule has 92 valence electrons. The molecule has 0 saturated heterocycles. The van der Waals surface area contributed by atoms with Crippen LogP contribution in [0.25, 0.3) is 0 Å². The molecule has 2 aromatic heterocycles. The molecule has 2 rings (SSSR count). The van der Waals surface area contributed by atoms with Gasteiger partial charge in [-0.15, -0.1) is 0 Å². The van der Waals surface area contributed by atoms with Crippen molar-refractivity contribution >= 4 is 34.3 Å². The van der Waals surface area contributed by atoms with Crippen LogP contribution in [0.4, 0.5) is 5.82 Å². The Balaban J connectivity index is 2.22. The summed E-state index contributed by atoms with van der Waals surface area (Å²) in [6.07, 6.45) is 1.63. The van der Waals surface area contributed by atoms with E-state index in [0.717, 1.165) is 3.57 Å². The third-order valence-electron chi connectivity index (χ3n) is 2.27. The first-order valence-corrected chi connectivity index (χ1v) is 6.27. The van der Waals surface area contributed by atoms with Gasteiger partial charge in [-0.25, -0.2) is 4.98 Å². The van der Waals surface area contributed by atoms with Crippen molar-refractivity contribution in [2.75, 3.05) is 5.32 Å². The average molecular weight is 355 g/mol. The number of carbonyl (C=O) groups is 1. The second-order valence-corrected chi connectivity index (χ2v) is 4.95. The van der Waals surface area contributed by atoms with Crippen molar-refractivity contribution in [1.29, 1.82) is 0 Å². The monoisotopic (exact) mass is 355 g/mol. The van der Waals surface area contributed by atoms with Gasteiger partial charge in [0, 0.05) is 15.5 Å². The molecule has 2 aromatic rings. The largest absolute Gasteiger partial charge is 0.326 e.